The minimum atomic E-state index is -5.08. The highest BCUT2D eigenvalue weighted by Crippen LogP contribution is 2.54. The number of rotatable bonds is 6. The highest BCUT2D eigenvalue weighted by molar-refractivity contribution is 5.89. The first-order valence-corrected chi connectivity index (χ1v) is 16.1. The molecule has 1 aliphatic heterocycles. The van der Waals surface area contributed by atoms with Crippen LogP contribution in [0.3, 0.4) is 0 Å². The summed E-state index contributed by atoms with van der Waals surface area (Å²) in [5.74, 6) is -3.22. The molecule has 266 valence electrons. The fraction of sp³-hybridized carbons (Fsp3) is 0.600. The number of nitrogens with zero attached hydrogens (tertiary/aromatic N) is 1. The number of aliphatic carboxylic acids is 1. The Morgan fingerprint density at radius 3 is 2.10 bits per heavy atom. The summed E-state index contributed by atoms with van der Waals surface area (Å²) < 4.78 is 70.0. The van der Waals surface area contributed by atoms with Crippen molar-refractivity contribution in [2.75, 3.05) is 26.1 Å². The number of hydrogen-bond donors (Lipinski definition) is 3. The number of anilines is 1. The molecular formula is C35H46F5N3O5. The standard InChI is InChI=1S/C33H45F2N3O3.C2HF3O2/c1-31(2)18-24(19-32(3,4)20-31)38-14-13-33(21-7-10-27(40-5)28(15-21)41-6)12-11-23(17-29(33)38)37-30(39)36-22-8-9-25(34)26(35)16-22;3-2(4,5)1(6)7/h7-10,15-16,23-24,29H,11-14,17-20H2,1-6H3,(H2,36,37,39);(H,6,7). The van der Waals surface area contributed by atoms with E-state index in [-0.39, 0.29) is 34.0 Å². The zero-order chi connectivity index (χ0) is 35.7. The summed E-state index contributed by atoms with van der Waals surface area (Å²) in [5, 5.41) is 12.9. The van der Waals surface area contributed by atoms with Gasteiger partial charge in [0.25, 0.3) is 0 Å². The minimum Gasteiger partial charge on any atom is -0.493 e. The molecule has 8 nitrogen and oxygen atoms in total. The third-order valence-corrected chi connectivity index (χ3v) is 10.0. The third-order valence-electron chi connectivity index (χ3n) is 10.0. The molecule has 2 saturated carbocycles. The lowest BCUT2D eigenvalue weighted by molar-refractivity contribution is -0.192. The van der Waals surface area contributed by atoms with Gasteiger partial charge in [0.15, 0.2) is 23.1 Å². The molecule has 2 aromatic rings. The molecule has 0 spiro atoms. The average molecular weight is 684 g/mol. The molecule has 2 amide bonds. The lowest BCUT2D eigenvalue weighted by atomic mass is 9.62. The molecule has 0 bridgehead atoms. The maximum absolute atomic E-state index is 13.7. The van der Waals surface area contributed by atoms with Gasteiger partial charge in [0, 0.05) is 35.3 Å². The Morgan fingerprint density at radius 1 is 0.917 bits per heavy atom. The maximum atomic E-state index is 13.7. The Balaban J connectivity index is 0.000000671. The molecule has 0 aromatic heterocycles. The molecule has 3 unspecified atom stereocenters. The van der Waals surface area contributed by atoms with Crippen LogP contribution in [-0.2, 0) is 10.2 Å². The lowest BCUT2D eigenvalue weighted by Crippen LogP contribution is -2.56. The van der Waals surface area contributed by atoms with E-state index in [1.54, 1.807) is 14.2 Å². The summed E-state index contributed by atoms with van der Waals surface area (Å²) in [4.78, 5) is 24.6. The van der Waals surface area contributed by atoms with Crippen molar-refractivity contribution in [1.29, 1.82) is 0 Å². The topological polar surface area (TPSA) is 100 Å². The predicted molar refractivity (Wildman–Crippen MR) is 171 cm³/mol. The van der Waals surface area contributed by atoms with Crippen LogP contribution in [-0.4, -0.2) is 67.1 Å². The number of likely N-dealkylation sites (tertiary alicyclic amines) is 1. The number of fused-ring (bicyclic) bond motifs is 1. The molecule has 0 radical (unpaired) electrons. The Bertz CT molecular complexity index is 1470. The Morgan fingerprint density at radius 2 is 1.54 bits per heavy atom. The van der Waals surface area contributed by atoms with Gasteiger partial charge in [0.05, 0.1) is 14.2 Å². The van der Waals surface area contributed by atoms with Crippen molar-refractivity contribution >= 4 is 17.7 Å². The van der Waals surface area contributed by atoms with Crippen LogP contribution in [0.2, 0.25) is 0 Å². The van der Waals surface area contributed by atoms with E-state index < -0.39 is 29.8 Å². The van der Waals surface area contributed by atoms with Gasteiger partial charge in [-0.15, -0.1) is 0 Å². The third kappa shape index (κ3) is 8.51. The summed E-state index contributed by atoms with van der Waals surface area (Å²) in [6.45, 7) is 10.6. The van der Waals surface area contributed by atoms with Gasteiger partial charge in [-0.3, -0.25) is 4.90 Å². The van der Waals surface area contributed by atoms with Crippen LogP contribution < -0.4 is 20.1 Å². The van der Waals surface area contributed by atoms with Gasteiger partial charge in [-0.2, -0.15) is 13.2 Å². The number of carboxylic acid groups (broad SMARTS) is 1. The number of carboxylic acids is 1. The molecule has 48 heavy (non-hydrogen) atoms. The van der Waals surface area contributed by atoms with E-state index >= 15 is 0 Å². The van der Waals surface area contributed by atoms with Crippen LogP contribution in [0, 0.1) is 22.5 Å². The molecule has 13 heteroatoms. The van der Waals surface area contributed by atoms with E-state index in [1.165, 1.54) is 18.1 Å². The van der Waals surface area contributed by atoms with Crippen LogP contribution in [0.4, 0.5) is 32.4 Å². The highest BCUT2D eigenvalue weighted by Gasteiger charge is 2.55. The Labute approximate surface area is 278 Å². The number of nitrogens with one attached hydrogen (secondary N) is 2. The van der Waals surface area contributed by atoms with E-state index in [0.29, 0.717) is 6.04 Å². The van der Waals surface area contributed by atoms with E-state index in [1.807, 2.05) is 6.07 Å². The average Bonchev–Trinajstić information content (AvgIpc) is 3.37. The fourth-order valence-corrected chi connectivity index (χ4v) is 8.58. The van der Waals surface area contributed by atoms with Gasteiger partial charge >= 0.3 is 18.2 Å². The molecule has 3 aliphatic rings. The van der Waals surface area contributed by atoms with Gasteiger partial charge in [-0.1, -0.05) is 33.8 Å². The zero-order valence-electron chi connectivity index (χ0n) is 28.3. The highest BCUT2D eigenvalue weighted by atomic mass is 19.4. The number of amides is 2. The van der Waals surface area contributed by atoms with E-state index in [0.717, 1.165) is 68.7 Å². The number of alkyl halides is 3. The lowest BCUT2D eigenvalue weighted by Gasteiger charge is -2.52. The first-order valence-electron chi connectivity index (χ1n) is 16.1. The van der Waals surface area contributed by atoms with Crippen molar-refractivity contribution in [3.8, 4) is 11.5 Å². The molecule has 1 heterocycles. The molecule has 3 N–H and O–H groups in total. The van der Waals surface area contributed by atoms with Crippen molar-refractivity contribution in [3.63, 3.8) is 0 Å². The summed E-state index contributed by atoms with van der Waals surface area (Å²) in [6, 6.07) is 10.0. The molecule has 5 rings (SSSR count). The summed E-state index contributed by atoms with van der Waals surface area (Å²) in [5.41, 5.74) is 1.96. The number of methoxy groups -OCH3 is 2. The first kappa shape index (κ1) is 37.2. The number of carbonyl (C=O) groups excluding carboxylic acids is 1. The van der Waals surface area contributed by atoms with Crippen LogP contribution in [0.25, 0.3) is 0 Å². The van der Waals surface area contributed by atoms with Gasteiger partial charge in [0.1, 0.15) is 0 Å². The summed E-state index contributed by atoms with van der Waals surface area (Å²) in [7, 11) is 3.33. The number of carbonyl (C=O) groups is 2. The van der Waals surface area contributed by atoms with Gasteiger partial charge < -0.3 is 25.2 Å². The van der Waals surface area contributed by atoms with Gasteiger partial charge in [0.2, 0.25) is 0 Å². The zero-order valence-corrected chi connectivity index (χ0v) is 28.3. The molecule has 2 aliphatic carbocycles. The monoisotopic (exact) mass is 683 g/mol. The van der Waals surface area contributed by atoms with Crippen molar-refractivity contribution in [2.45, 2.75) is 102 Å². The Kier molecular flexibility index (Phi) is 10.9. The number of benzene rings is 2. The maximum Gasteiger partial charge on any atom is 0.490 e. The van der Waals surface area contributed by atoms with Crippen molar-refractivity contribution in [2.24, 2.45) is 10.8 Å². The van der Waals surface area contributed by atoms with Crippen LogP contribution >= 0.6 is 0 Å². The number of ether oxygens (including phenoxy) is 2. The van der Waals surface area contributed by atoms with Crippen molar-refractivity contribution < 1.29 is 46.1 Å². The van der Waals surface area contributed by atoms with Crippen LogP contribution in [0.1, 0.15) is 78.2 Å². The second-order valence-corrected chi connectivity index (χ2v) is 14.8. The van der Waals surface area contributed by atoms with Gasteiger partial charge in [-0.05, 0) is 92.1 Å². The van der Waals surface area contributed by atoms with Crippen LogP contribution in [0.5, 0.6) is 11.5 Å². The normalized spacial score (nSPS) is 25.2. The van der Waals surface area contributed by atoms with Gasteiger partial charge in [-0.25, -0.2) is 18.4 Å². The van der Waals surface area contributed by atoms with E-state index in [4.69, 9.17) is 19.4 Å². The molecule has 3 atom stereocenters. The Hall–Kier alpha value is -3.61. The molecule has 2 aromatic carbocycles. The second-order valence-electron chi connectivity index (χ2n) is 14.8. The molecular weight excluding hydrogens is 637 g/mol. The first-order chi connectivity index (χ1) is 22.3. The molecule has 3 fully saturated rings. The number of hydrogen-bond acceptors (Lipinski definition) is 5. The second kappa shape index (κ2) is 14.1. The van der Waals surface area contributed by atoms with E-state index in [2.05, 4.69) is 55.4 Å². The summed E-state index contributed by atoms with van der Waals surface area (Å²) in [6.07, 6.45) is 2.07. The fourth-order valence-electron chi connectivity index (χ4n) is 8.58. The number of urea groups is 1. The molecule has 1 saturated heterocycles. The minimum absolute atomic E-state index is 0.0382. The predicted octanol–water partition coefficient (Wildman–Crippen LogP) is 7.91. The summed E-state index contributed by atoms with van der Waals surface area (Å²) >= 11 is 0. The SMILES string of the molecule is COc1ccc(C23CCC(NC(=O)Nc4ccc(F)c(F)c4)CC2N(C2CC(C)(C)CC(C)(C)C2)CC3)cc1OC.O=C(O)C(F)(F)F. The van der Waals surface area contributed by atoms with Crippen molar-refractivity contribution in [3.05, 3.63) is 53.6 Å². The number of halogens is 5. The quantitative estimate of drug-likeness (QED) is 0.268. The largest absolute Gasteiger partial charge is 0.493 e. The smallest absolute Gasteiger partial charge is 0.490 e. The van der Waals surface area contributed by atoms with Crippen LogP contribution in [0.15, 0.2) is 36.4 Å². The van der Waals surface area contributed by atoms with E-state index in [9.17, 15) is 26.7 Å². The van der Waals surface area contributed by atoms with Crippen molar-refractivity contribution in [1.82, 2.24) is 10.2 Å².